The Balaban J connectivity index is 3.59. The Labute approximate surface area is 217 Å². The summed E-state index contributed by atoms with van der Waals surface area (Å²) in [6.07, 6.45) is 36.0. The van der Waals surface area contributed by atoms with Crippen LogP contribution in [0.3, 0.4) is 0 Å². The summed E-state index contributed by atoms with van der Waals surface area (Å²) in [6.45, 7) is 12.0. The molecule has 0 amide bonds. The van der Waals surface area contributed by atoms with Crippen LogP contribution in [0.5, 0.6) is 0 Å². The van der Waals surface area contributed by atoms with Gasteiger partial charge in [0.25, 0.3) is 0 Å². The molecule has 34 heavy (non-hydrogen) atoms. The second kappa shape index (κ2) is 28.8. The molecule has 0 unspecified atom stereocenters. The van der Waals surface area contributed by atoms with Crippen molar-refractivity contribution in [2.45, 2.75) is 188 Å². The minimum atomic E-state index is 0.742. The lowest BCUT2D eigenvalue weighted by molar-refractivity contribution is 0.144. The van der Waals surface area contributed by atoms with Crippen LogP contribution in [-0.2, 0) is 4.74 Å². The molecule has 0 aliphatic rings. The van der Waals surface area contributed by atoms with Gasteiger partial charge in [0.15, 0.2) is 0 Å². The minimum Gasteiger partial charge on any atom is -0.498 e. The van der Waals surface area contributed by atoms with Crippen molar-refractivity contribution in [3.05, 3.63) is 12.3 Å². The highest BCUT2D eigenvalue weighted by Gasteiger charge is 2.10. The van der Waals surface area contributed by atoms with Gasteiger partial charge >= 0.3 is 0 Å². The van der Waals surface area contributed by atoms with Crippen LogP contribution in [0.15, 0.2) is 12.3 Å². The maximum absolute atomic E-state index is 6.14. The van der Waals surface area contributed by atoms with Gasteiger partial charge in [-0.2, -0.15) is 0 Å². The molecule has 0 heterocycles. The third-order valence-corrected chi connectivity index (χ3v) is 7.51. The lowest BCUT2D eigenvalue weighted by Crippen LogP contribution is -2.10. The van der Waals surface area contributed by atoms with Crippen molar-refractivity contribution < 1.29 is 4.74 Å². The number of allylic oxidation sites excluding steroid dienone is 1. The lowest BCUT2D eigenvalue weighted by Gasteiger charge is -2.19. The molecule has 0 rings (SSSR count). The second-order valence-electron chi connectivity index (χ2n) is 11.1. The molecular formula is C33H66O. The standard InChI is InChI=1S/C33H66O/c1-5-8-11-14-15-16-17-18-19-20-21-22-23-24-25-28-32(4)34-31-33(29-26-12-9-6-2)30-27-13-10-7-3/h33H,4-31H2,1-3H3. The highest BCUT2D eigenvalue weighted by Crippen LogP contribution is 2.21. The van der Waals surface area contributed by atoms with Crippen molar-refractivity contribution in [1.82, 2.24) is 0 Å². The molecule has 0 N–H and O–H groups in total. The van der Waals surface area contributed by atoms with Gasteiger partial charge in [0.05, 0.1) is 12.4 Å². The number of rotatable bonds is 29. The zero-order valence-electron chi connectivity index (χ0n) is 24.3. The molecule has 0 saturated carbocycles. The maximum atomic E-state index is 6.14. The van der Waals surface area contributed by atoms with Crippen LogP contribution in [0.4, 0.5) is 0 Å². The summed E-state index contributed by atoms with van der Waals surface area (Å²) in [7, 11) is 0. The smallest absolute Gasteiger partial charge is 0.0905 e. The van der Waals surface area contributed by atoms with Crippen LogP contribution >= 0.6 is 0 Å². The normalized spacial score (nSPS) is 11.4. The van der Waals surface area contributed by atoms with Gasteiger partial charge in [0.1, 0.15) is 0 Å². The molecule has 0 atom stereocenters. The van der Waals surface area contributed by atoms with Crippen LogP contribution in [0.25, 0.3) is 0 Å². The molecular weight excluding hydrogens is 412 g/mol. The molecule has 0 aromatic heterocycles. The fraction of sp³-hybridized carbons (Fsp3) is 0.939. The molecule has 1 heteroatoms. The van der Waals surface area contributed by atoms with Crippen molar-refractivity contribution in [3.8, 4) is 0 Å². The molecule has 0 aliphatic heterocycles. The SMILES string of the molecule is C=C(CCCCCCCCCCCCCCCCC)OCC(CCCCCC)CCCCCC. The van der Waals surface area contributed by atoms with Gasteiger partial charge in [-0.05, 0) is 25.2 Å². The molecule has 204 valence electrons. The first kappa shape index (κ1) is 33.5. The second-order valence-corrected chi connectivity index (χ2v) is 11.1. The topological polar surface area (TPSA) is 9.23 Å². The van der Waals surface area contributed by atoms with E-state index in [1.807, 2.05) is 0 Å². The van der Waals surface area contributed by atoms with E-state index in [1.165, 1.54) is 161 Å². The van der Waals surface area contributed by atoms with Crippen LogP contribution < -0.4 is 0 Å². The Morgan fingerprint density at radius 1 is 0.471 bits per heavy atom. The predicted molar refractivity (Wildman–Crippen MR) is 156 cm³/mol. The Kier molecular flexibility index (Phi) is 28.4. The Morgan fingerprint density at radius 2 is 0.794 bits per heavy atom. The van der Waals surface area contributed by atoms with Gasteiger partial charge in [-0.3, -0.25) is 0 Å². The Morgan fingerprint density at radius 3 is 1.18 bits per heavy atom. The quantitative estimate of drug-likeness (QED) is 0.0767. The molecule has 0 saturated heterocycles. The van der Waals surface area contributed by atoms with Gasteiger partial charge in [-0.1, -0.05) is 169 Å². The molecule has 0 aromatic carbocycles. The average molecular weight is 479 g/mol. The van der Waals surface area contributed by atoms with Gasteiger partial charge in [-0.25, -0.2) is 0 Å². The summed E-state index contributed by atoms with van der Waals surface area (Å²) in [4.78, 5) is 0. The predicted octanol–water partition coefficient (Wildman–Crippen LogP) is 12.3. The zero-order chi connectivity index (χ0) is 25.0. The van der Waals surface area contributed by atoms with Gasteiger partial charge in [0, 0.05) is 6.42 Å². The highest BCUT2D eigenvalue weighted by atomic mass is 16.5. The average Bonchev–Trinajstić information content (AvgIpc) is 2.84. The Bertz CT molecular complexity index is 376. The van der Waals surface area contributed by atoms with E-state index in [-0.39, 0.29) is 0 Å². The van der Waals surface area contributed by atoms with Gasteiger partial charge < -0.3 is 4.74 Å². The van der Waals surface area contributed by atoms with E-state index in [4.69, 9.17) is 4.74 Å². The van der Waals surface area contributed by atoms with Crippen LogP contribution in [0.2, 0.25) is 0 Å². The monoisotopic (exact) mass is 479 g/mol. The molecule has 1 nitrogen and oxygen atoms in total. The van der Waals surface area contributed by atoms with E-state index >= 15 is 0 Å². The van der Waals surface area contributed by atoms with Crippen LogP contribution in [-0.4, -0.2) is 6.61 Å². The first-order chi connectivity index (χ1) is 16.7. The van der Waals surface area contributed by atoms with E-state index in [2.05, 4.69) is 27.4 Å². The number of unbranched alkanes of at least 4 members (excludes halogenated alkanes) is 20. The number of hydrogen-bond acceptors (Lipinski definition) is 1. The Hall–Kier alpha value is -0.460. The van der Waals surface area contributed by atoms with Crippen LogP contribution in [0, 0.1) is 5.92 Å². The lowest BCUT2D eigenvalue weighted by atomic mass is 9.95. The molecule has 0 spiro atoms. The number of hydrogen-bond donors (Lipinski definition) is 0. The highest BCUT2D eigenvalue weighted by molar-refractivity contribution is 4.82. The molecule has 0 aliphatic carbocycles. The zero-order valence-corrected chi connectivity index (χ0v) is 24.3. The minimum absolute atomic E-state index is 0.742. The largest absolute Gasteiger partial charge is 0.498 e. The third kappa shape index (κ3) is 26.2. The van der Waals surface area contributed by atoms with Gasteiger partial charge in [-0.15, -0.1) is 0 Å². The van der Waals surface area contributed by atoms with Crippen molar-refractivity contribution in [1.29, 1.82) is 0 Å². The maximum Gasteiger partial charge on any atom is 0.0905 e. The fourth-order valence-electron chi connectivity index (χ4n) is 5.03. The van der Waals surface area contributed by atoms with E-state index in [0.717, 1.165) is 24.7 Å². The fourth-order valence-corrected chi connectivity index (χ4v) is 5.03. The molecule has 0 fully saturated rings. The van der Waals surface area contributed by atoms with E-state index in [9.17, 15) is 0 Å². The van der Waals surface area contributed by atoms with Crippen molar-refractivity contribution in [3.63, 3.8) is 0 Å². The van der Waals surface area contributed by atoms with E-state index in [0.29, 0.717) is 0 Å². The molecule has 0 bridgehead atoms. The summed E-state index contributed by atoms with van der Waals surface area (Å²) >= 11 is 0. The van der Waals surface area contributed by atoms with E-state index < -0.39 is 0 Å². The summed E-state index contributed by atoms with van der Waals surface area (Å²) in [6, 6.07) is 0. The van der Waals surface area contributed by atoms with Crippen molar-refractivity contribution in [2.24, 2.45) is 5.92 Å². The first-order valence-electron chi connectivity index (χ1n) is 16.0. The summed E-state index contributed by atoms with van der Waals surface area (Å²) in [5.41, 5.74) is 0. The van der Waals surface area contributed by atoms with Crippen molar-refractivity contribution >= 4 is 0 Å². The van der Waals surface area contributed by atoms with Gasteiger partial charge in [0.2, 0.25) is 0 Å². The third-order valence-electron chi connectivity index (χ3n) is 7.51. The summed E-state index contributed by atoms with van der Waals surface area (Å²) in [5.74, 6) is 1.79. The first-order valence-corrected chi connectivity index (χ1v) is 16.0. The summed E-state index contributed by atoms with van der Waals surface area (Å²) in [5, 5.41) is 0. The summed E-state index contributed by atoms with van der Waals surface area (Å²) < 4.78 is 6.14. The van der Waals surface area contributed by atoms with Crippen molar-refractivity contribution in [2.75, 3.05) is 6.61 Å². The molecule has 0 aromatic rings. The van der Waals surface area contributed by atoms with Crippen LogP contribution in [0.1, 0.15) is 188 Å². The van der Waals surface area contributed by atoms with E-state index in [1.54, 1.807) is 0 Å². The molecule has 0 radical (unpaired) electrons. The number of ether oxygens (including phenoxy) is 1.